The van der Waals surface area contributed by atoms with Crippen LogP contribution in [0.25, 0.3) is 0 Å². The number of rotatable bonds is 4. The van der Waals surface area contributed by atoms with Crippen molar-refractivity contribution in [3.63, 3.8) is 0 Å². The smallest absolute Gasteiger partial charge is 0.274 e. The molecule has 0 aliphatic heterocycles. The first kappa shape index (κ1) is 14.7. The van der Waals surface area contributed by atoms with Crippen LogP contribution in [0.4, 0.5) is 15.8 Å². The molecule has 20 heavy (non-hydrogen) atoms. The summed E-state index contributed by atoms with van der Waals surface area (Å²) in [5.41, 5.74) is 1.08. The molecule has 2 rings (SSSR count). The summed E-state index contributed by atoms with van der Waals surface area (Å²) in [5, 5.41) is 14.4. The van der Waals surface area contributed by atoms with Crippen LogP contribution in [0.1, 0.15) is 5.56 Å². The topological polar surface area (TPSA) is 55.2 Å². The fraction of sp³-hybridized carbons (Fsp3) is 0.0769. The zero-order valence-corrected chi connectivity index (χ0v) is 12.4. The minimum Gasteiger partial charge on any atom is -0.380 e. The number of benzene rings is 2. The van der Waals surface area contributed by atoms with Gasteiger partial charge in [-0.15, -0.1) is 0 Å². The molecule has 0 aliphatic carbocycles. The van der Waals surface area contributed by atoms with Crippen LogP contribution < -0.4 is 5.32 Å². The number of hydrogen-bond acceptors (Lipinski definition) is 3. The maximum atomic E-state index is 13.0. The van der Waals surface area contributed by atoms with Gasteiger partial charge in [0.25, 0.3) is 5.69 Å². The summed E-state index contributed by atoms with van der Waals surface area (Å²) in [6, 6.07) is 8.53. The van der Waals surface area contributed by atoms with Gasteiger partial charge in [-0.3, -0.25) is 10.1 Å². The first-order valence-corrected chi connectivity index (χ1v) is 6.76. The van der Waals surface area contributed by atoms with E-state index < -0.39 is 4.92 Å². The maximum absolute atomic E-state index is 13.0. The highest BCUT2D eigenvalue weighted by atomic mass is 79.9. The van der Waals surface area contributed by atoms with Crippen LogP contribution in [0, 0.1) is 15.9 Å². The SMILES string of the molecule is O=[N+]([O-])c1ccc(Cl)cc1CNc1ccc(F)cc1Br. The van der Waals surface area contributed by atoms with Crippen LogP contribution >= 0.6 is 27.5 Å². The molecule has 0 amide bonds. The normalized spacial score (nSPS) is 10.3. The summed E-state index contributed by atoms with van der Waals surface area (Å²) in [4.78, 5) is 10.5. The number of hydrogen-bond donors (Lipinski definition) is 1. The van der Waals surface area contributed by atoms with Gasteiger partial charge in [0.15, 0.2) is 0 Å². The second-order valence-electron chi connectivity index (χ2n) is 4.01. The third-order valence-electron chi connectivity index (χ3n) is 2.64. The number of nitro groups is 1. The molecule has 0 aliphatic rings. The lowest BCUT2D eigenvalue weighted by Gasteiger charge is -2.09. The Morgan fingerprint density at radius 2 is 2.05 bits per heavy atom. The van der Waals surface area contributed by atoms with E-state index in [9.17, 15) is 14.5 Å². The third-order valence-corrected chi connectivity index (χ3v) is 3.53. The van der Waals surface area contributed by atoms with Crippen molar-refractivity contribution in [3.8, 4) is 0 Å². The molecule has 2 aromatic rings. The van der Waals surface area contributed by atoms with Crippen LogP contribution in [0.3, 0.4) is 0 Å². The summed E-state index contributed by atoms with van der Waals surface area (Å²) >= 11 is 9.07. The van der Waals surface area contributed by atoms with Crippen molar-refractivity contribution in [2.45, 2.75) is 6.54 Å². The Morgan fingerprint density at radius 1 is 1.30 bits per heavy atom. The highest BCUT2D eigenvalue weighted by molar-refractivity contribution is 9.10. The monoisotopic (exact) mass is 358 g/mol. The fourth-order valence-corrected chi connectivity index (χ4v) is 2.38. The van der Waals surface area contributed by atoms with E-state index in [0.717, 1.165) is 0 Å². The standard InChI is InChI=1S/C13H9BrClFN2O2/c14-11-6-10(16)2-3-12(11)17-7-8-5-9(15)1-4-13(8)18(19)20/h1-6,17H,7H2. The van der Waals surface area contributed by atoms with Gasteiger partial charge in [0, 0.05) is 27.8 Å². The van der Waals surface area contributed by atoms with E-state index in [1.54, 1.807) is 6.07 Å². The molecule has 7 heteroatoms. The molecular formula is C13H9BrClFN2O2. The first-order valence-electron chi connectivity index (χ1n) is 5.59. The number of nitrogens with one attached hydrogen (secondary N) is 1. The van der Waals surface area contributed by atoms with Crippen LogP contribution in [-0.4, -0.2) is 4.92 Å². The highest BCUT2D eigenvalue weighted by Crippen LogP contribution is 2.27. The highest BCUT2D eigenvalue weighted by Gasteiger charge is 2.14. The Labute approximate surface area is 127 Å². The Kier molecular flexibility index (Phi) is 4.57. The molecule has 2 aromatic carbocycles. The van der Waals surface area contributed by atoms with Gasteiger partial charge in [-0.05, 0) is 46.3 Å². The van der Waals surface area contributed by atoms with Gasteiger partial charge >= 0.3 is 0 Å². The van der Waals surface area contributed by atoms with Crippen LogP contribution in [0.5, 0.6) is 0 Å². The van der Waals surface area contributed by atoms with E-state index in [1.807, 2.05) is 0 Å². The molecule has 0 fully saturated rings. The zero-order valence-electron chi connectivity index (χ0n) is 10.1. The van der Waals surface area contributed by atoms with Crippen LogP contribution in [0.2, 0.25) is 5.02 Å². The molecule has 0 spiro atoms. The van der Waals surface area contributed by atoms with Gasteiger partial charge < -0.3 is 5.32 Å². The summed E-state index contributed by atoms with van der Waals surface area (Å²) in [7, 11) is 0. The van der Waals surface area contributed by atoms with Crippen LogP contribution in [0.15, 0.2) is 40.9 Å². The van der Waals surface area contributed by atoms with Gasteiger partial charge in [0.05, 0.1) is 10.5 Å². The lowest BCUT2D eigenvalue weighted by molar-refractivity contribution is -0.385. The molecule has 0 unspecified atom stereocenters. The number of nitro benzene ring substituents is 1. The Balaban J connectivity index is 2.22. The van der Waals surface area contributed by atoms with Crippen molar-refractivity contribution in [2.24, 2.45) is 0 Å². The predicted octanol–water partition coefficient (Wildman–Crippen LogP) is 4.76. The van der Waals surface area contributed by atoms with Crippen molar-refractivity contribution < 1.29 is 9.31 Å². The van der Waals surface area contributed by atoms with Gasteiger partial charge in [0.2, 0.25) is 0 Å². The minimum absolute atomic E-state index is 0.0138. The molecule has 104 valence electrons. The quantitative estimate of drug-likeness (QED) is 0.632. The second kappa shape index (κ2) is 6.19. The molecule has 4 nitrogen and oxygen atoms in total. The lowest BCUT2D eigenvalue weighted by Crippen LogP contribution is -2.03. The van der Waals surface area contributed by atoms with E-state index >= 15 is 0 Å². The van der Waals surface area contributed by atoms with Crippen molar-refractivity contribution >= 4 is 38.9 Å². The Morgan fingerprint density at radius 3 is 2.70 bits per heavy atom. The van der Waals surface area contributed by atoms with Gasteiger partial charge in [-0.1, -0.05) is 11.6 Å². The average Bonchev–Trinajstić information content (AvgIpc) is 2.37. The van der Waals surface area contributed by atoms with Gasteiger partial charge in [-0.25, -0.2) is 4.39 Å². The average molecular weight is 360 g/mol. The Bertz CT molecular complexity index is 667. The maximum Gasteiger partial charge on any atom is 0.274 e. The summed E-state index contributed by atoms with van der Waals surface area (Å²) in [5.74, 6) is -0.365. The summed E-state index contributed by atoms with van der Waals surface area (Å²) in [6.07, 6.45) is 0. The molecule has 0 heterocycles. The summed E-state index contributed by atoms with van der Waals surface area (Å²) in [6.45, 7) is 0.209. The molecule has 0 bridgehead atoms. The molecular weight excluding hydrogens is 351 g/mol. The first-order chi connectivity index (χ1) is 9.47. The molecule has 0 atom stereocenters. The van der Waals surface area contributed by atoms with Crippen molar-refractivity contribution in [3.05, 3.63) is 67.4 Å². The van der Waals surface area contributed by atoms with Crippen molar-refractivity contribution in [2.75, 3.05) is 5.32 Å². The molecule has 0 saturated carbocycles. The predicted molar refractivity (Wildman–Crippen MR) is 79.5 cm³/mol. The second-order valence-corrected chi connectivity index (χ2v) is 5.30. The van der Waals surface area contributed by atoms with Crippen LogP contribution in [-0.2, 0) is 6.54 Å². The van der Waals surface area contributed by atoms with Crippen molar-refractivity contribution in [1.82, 2.24) is 0 Å². The third kappa shape index (κ3) is 3.46. The number of nitrogens with zero attached hydrogens (tertiary/aromatic N) is 1. The van der Waals surface area contributed by atoms with Crippen molar-refractivity contribution in [1.29, 1.82) is 0 Å². The van der Waals surface area contributed by atoms with E-state index in [2.05, 4.69) is 21.2 Å². The Hall–Kier alpha value is -1.66. The van der Waals surface area contributed by atoms with Gasteiger partial charge in [-0.2, -0.15) is 0 Å². The molecule has 0 radical (unpaired) electrons. The van der Waals surface area contributed by atoms with E-state index in [0.29, 0.717) is 20.7 Å². The molecule has 0 saturated heterocycles. The zero-order chi connectivity index (χ0) is 14.7. The van der Waals surface area contributed by atoms with Gasteiger partial charge in [0.1, 0.15) is 5.82 Å². The fourth-order valence-electron chi connectivity index (χ4n) is 1.70. The molecule has 0 aromatic heterocycles. The molecule has 1 N–H and O–H groups in total. The van der Waals surface area contributed by atoms with E-state index in [4.69, 9.17) is 11.6 Å². The number of halogens is 3. The van der Waals surface area contributed by atoms with E-state index in [1.165, 1.54) is 30.3 Å². The lowest BCUT2D eigenvalue weighted by atomic mass is 10.1. The largest absolute Gasteiger partial charge is 0.380 e. The summed E-state index contributed by atoms with van der Waals surface area (Å²) < 4.78 is 13.5. The minimum atomic E-state index is -0.465. The van der Waals surface area contributed by atoms with E-state index in [-0.39, 0.29) is 18.0 Å². The number of anilines is 1.